The standard InChI is InChI=1S/C50H40NO2/c1-51(45-25-15-6-16-26-45)50-41(29-31-46-33-43(37-17-7-2-8-18-37)35-48(52-46)39-21-11-4-12-22-39)27-28-42(50)30-32-47-34-44(38-19-9-3-10-20-38)36-49(53-47)40-23-13-5-14-24-40/h2-26,29-36H,27-28H2,1H3/q+1. The number of allylic oxidation sites excluding steroid dienone is 8. The lowest BCUT2D eigenvalue weighted by Gasteiger charge is -2.23. The average molecular weight is 687 g/mol. The second-order valence-electron chi connectivity index (χ2n) is 13.1. The largest absolute Gasteiger partial charge is 0.457 e. The zero-order chi connectivity index (χ0) is 35.8. The molecule has 1 aliphatic carbocycles. The van der Waals surface area contributed by atoms with Gasteiger partial charge in [-0.15, -0.1) is 0 Å². The highest BCUT2D eigenvalue weighted by Crippen LogP contribution is 2.38. The third kappa shape index (κ3) is 7.80. The van der Waals surface area contributed by atoms with E-state index in [1.54, 1.807) is 0 Å². The minimum absolute atomic E-state index is 0.799. The fourth-order valence-corrected chi connectivity index (χ4v) is 6.91. The molecule has 0 radical (unpaired) electrons. The van der Waals surface area contributed by atoms with Crippen molar-refractivity contribution in [1.82, 2.24) is 0 Å². The zero-order valence-corrected chi connectivity index (χ0v) is 29.7. The third-order valence-corrected chi connectivity index (χ3v) is 9.60. The number of ether oxygens (including phenoxy) is 1. The minimum Gasteiger partial charge on any atom is -0.457 e. The first-order valence-corrected chi connectivity index (χ1v) is 18.1. The quantitative estimate of drug-likeness (QED) is 0.141. The molecule has 0 saturated carbocycles. The second-order valence-corrected chi connectivity index (χ2v) is 13.1. The van der Waals surface area contributed by atoms with Crippen molar-refractivity contribution in [2.24, 2.45) is 0 Å². The molecule has 1 aliphatic heterocycles. The van der Waals surface area contributed by atoms with Crippen LogP contribution in [0.1, 0.15) is 29.7 Å². The SMILES string of the molecule is CN(C1=C(/C=C/c2cc(-c3ccccc3)cc(-c3ccccc3)[o+]2)CC/C1=C\C=C1/C=C(c2ccccc2)C=C(c2ccccc2)O1)c1ccccc1. The van der Waals surface area contributed by atoms with Gasteiger partial charge < -0.3 is 9.64 Å². The van der Waals surface area contributed by atoms with E-state index in [4.69, 9.17) is 9.15 Å². The molecule has 0 N–H and O–H groups in total. The van der Waals surface area contributed by atoms with Gasteiger partial charge in [-0.2, -0.15) is 0 Å². The number of anilines is 1. The van der Waals surface area contributed by atoms with E-state index in [0.29, 0.717) is 0 Å². The number of benzene rings is 5. The summed E-state index contributed by atoms with van der Waals surface area (Å²) in [7, 11) is 2.15. The van der Waals surface area contributed by atoms with Crippen LogP contribution >= 0.6 is 0 Å². The molecule has 0 spiro atoms. The molecule has 0 bridgehead atoms. The highest BCUT2D eigenvalue weighted by Gasteiger charge is 2.24. The van der Waals surface area contributed by atoms with Gasteiger partial charge in [0.25, 0.3) is 0 Å². The number of nitrogens with zero attached hydrogens (tertiary/aromatic N) is 1. The first-order chi connectivity index (χ1) is 26.2. The molecular formula is C50H40NO2+. The first-order valence-electron chi connectivity index (χ1n) is 18.1. The fraction of sp³-hybridized carbons (Fsp3) is 0.0600. The molecule has 8 rings (SSSR count). The van der Waals surface area contributed by atoms with Crippen molar-refractivity contribution in [3.8, 4) is 22.5 Å². The average Bonchev–Trinajstić information content (AvgIpc) is 3.66. The van der Waals surface area contributed by atoms with Gasteiger partial charge in [-0.25, -0.2) is 4.42 Å². The Balaban J connectivity index is 1.18. The van der Waals surface area contributed by atoms with Crippen LogP contribution in [0.2, 0.25) is 0 Å². The Morgan fingerprint density at radius 1 is 0.547 bits per heavy atom. The molecule has 53 heavy (non-hydrogen) atoms. The van der Waals surface area contributed by atoms with Crippen LogP contribution in [-0.4, -0.2) is 7.05 Å². The van der Waals surface area contributed by atoms with Crippen LogP contribution in [0.25, 0.3) is 39.9 Å². The molecule has 1 aromatic heterocycles. The van der Waals surface area contributed by atoms with E-state index in [-0.39, 0.29) is 0 Å². The van der Waals surface area contributed by atoms with Gasteiger partial charge in [-0.05, 0) is 89.3 Å². The van der Waals surface area contributed by atoms with E-state index in [1.165, 1.54) is 16.8 Å². The van der Waals surface area contributed by atoms with Crippen molar-refractivity contribution in [1.29, 1.82) is 0 Å². The first kappa shape index (κ1) is 33.4. The van der Waals surface area contributed by atoms with E-state index in [9.17, 15) is 0 Å². The fourth-order valence-electron chi connectivity index (χ4n) is 6.91. The van der Waals surface area contributed by atoms with Gasteiger partial charge in [0.1, 0.15) is 11.5 Å². The molecule has 256 valence electrons. The summed E-state index contributed by atoms with van der Waals surface area (Å²) < 4.78 is 13.1. The van der Waals surface area contributed by atoms with Crippen LogP contribution in [0, 0.1) is 0 Å². The van der Waals surface area contributed by atoms with Crippen LogP contribution in [0.5, 0.6) is 0 Å². The number of rotatable bonds is 9. The summed E-state index contributed by atoms with van der Waals surface area (Å²) in [5.41, 5.74) is 11.4. The van der Waals surface area contributed by atoms with Crippen molar-refractivity contribution in [3.05, 3.63) is 234 Å². The maximum atomic E-state index is 6.54. The van der Waals surface area contributed by atoms with Crippen LogP contribution in [-0.2, 0) is 4.74 Å². The van der Waals surface area contributed by atoms with Crippen LogP contribution in [0.15, 0.2) is 221 Å². The summed E-state index contributed by atoms with van der Waals surface area (Å²) in [5.74, 6) is 3.27. The lowest BCUT2D eigenvalue weighted by atomic mass is 10.0. The Morgan fingerprint density at radius 3 is 1.79 bits per heavy atom. The van der Waals surface area contributed by atoms with Gasteiger partial charge in [-0.1, -0.05) is 133 Å². The molecule has 0 fully saturated rings. The molecular weight excluding hydrogens is 647 g/mol. The molecule has 2 heterocycles. The normalized spacial score (nSPS) is 15.8. The maximum absolute atomic E-state index is 6.54. The highest BCUT2D eigenvalue weighted by molar-refractivity contribution is 5.85. The van der Waals surface area contributed by atoms with E-state index < -0.39 is 0 Å². The number of hydrogen-bond acceptors (Lipinski definition) is 2. The lowest BCUT2D eigenvalue weighted by Crippen LogP contribution is -2.17. The van der Waals surface area contributed by atoms with Crippen molar-refractivity contribution in [2.75, 3.05) is 11.9 Å². The van der Waals surface area contributed by atoms with Gasteiger partial charge >= 0.3 is 11.5 Å². The molecule has 5 aromatic carbocycles. The topological polar surface area (TPSA) is 23.8 Å². The molecule has 0 saturated heterocycles. The Hall–Kier alpha value is -6.71. The maximum Gasteiger partial charge on any atom is 0.361 e. The summed E-state index contributed by atoms with van der Waals surface area (Å²) >= 11 is 0. The number of para-hydroxylation sites is 1. The summed E-state index contributed by atoms with van der Waals surface area (Å²) in [5, 5.41) is 0. The van der Waals surface area contributed by atoms with Gasteiger partial charge in [0.2, 0.25) is 0 Å². The van der Waals surface area contributed by atoms with Crippen molar-refractivity contribution in [2.45, 2.75) is 12.8 Å². The second kappa shape index (κ2) is 15.7. The van der Waals surface area contributed by atoms with E-state index in [0.717, 1.165) is 75.0 Å². The molecule has 2 aliphatic rings. The highest BCUT2D eigenvalue weighted by atomic mass is 16.5. The van der Waals surface area contributed by atoms with Gasteiger partial charge in [-0.3, -0.25) is 0 Å². The smallest absolute Gasteiger partial charge is 0.361 e. The summed E-state index contributed by atoms with van der Waals surface area (Å²) in [4.78, 5) is 2.30. The van der Waals surface area contributed by atoms with Crippen LogP contribution in [0.3, 0.4) is 0 Å². The van der Waals surface area contributed by atoms with Crippen molar-refractivity contribution in [3.63, 3.8) is 0 Å². The van der Waals surface area contributed by atoms with Crippen molar-refractivity contribution >= 4 is 23.1 Å². The third-order valence-electron chi connectivity index (χ3n) is 9.60. The minimum atomic E-state index is 0.799. The van der Waals surface area contributed by atoms with Gasteiger partial charge in [0.15, 0.2) is 0 Å². The van der Waals surface area contributed by atoms with Crippen LogP contribution in [0.4, 0.5) is 5.69 Å². The Morgan fingerprint density at radius 2 is 1.13 bits per heavy atom. The number of likely N-dealkylation sites (N-methyl/N-ethyl adjacent to an activating group) is 1. The predicted molar refractivity (Wildman–Crippen MR) is 220 cm³/mol. The number of hydrogen-bond donors (Lipinski definition) is 0. The van der Waals surface area contributed by atoms with Crippen molar-refractivity contribution < 1.29 is 9.15 Å². The Kier molecular flexibility index (Phi) is 9.89. The lowest BCUT2D eigenvalue weighted by molar-refractivity contribution is 0.398. The molecule has 3 nitrogen and oxygen atoms in total. The summed E-state index contributed by atoms with van der Waals surface area (Å²) in [6, 6.07) is 56.4. The Bertz CT molecular complexity index is 2330. The van der Waals surface area contributed by atoms with E-state index in [1.807, 2.05) is 48.5 Å². The molecule has 3 heteroatoms. The van der Waals surface area contributed by atoms with Gasteiger partial charge in [0, 0.05) is 35.6 Å². The van der Waals surface area contributed by atoms with Gasteiger partial charge in [0.05, 0.1) is 17.7 Å². The summed E-state index contributed by atoms with van der Waals surface area (Å²) in [6.45, 7) is 0. The Labute approximate surface area is 312 Å². The molecule has 6 aromatic rings. The monoisotopic (exact) mass is 686 g/mol. The zero-order valence-electron chi connectivity index (χ0n) is 29.7. The van der Waals surface area contributed by atoms with Crippen LogP contribution < -0.4 is 4.90 Å². The molecule has 0 atom stereocenters. The van der Waals surface area contributed by atoms with E-state index >= 15 is 0 Å². The molecule has 0 amide bonds. The van der Waals surface area contributed by atoms with E-state index in [2.05, 4.69) is 164 Å². The predicted octanol–water partition coefficient (Wildman–Crippen LogP) is 13.1. The molecule has 0 unspecified atom stereocenters. The summed E-state index contributed by atoms with van der Waals surface area (Å²) in [6.07, 6.45) is 14.8.